The van der Waals surface area contributed by atoms with Gasteiger partial charge in [-0.15, -0.1) is 0 Å². The molecule has 0 amide bonds. The van der Waals surface area contributed by atoms with E-state index in [0.717, 1.165) is 44.4 Å². The van der Waals surface area contributed by atoms with Crippen molar-refractivity contribution in [3.63, 3.8) is 0 Å². The number of morpholine rings is 1. The Morgan fingerprint density at radius 3 is 2.88 bits per heavy atom. The van der Waals surface area contributed by atoms with E-state index >= 15 is 0 Å². The summed E-state index contributed by atoms with van der Waals surface area (Å²) in [6, 6.07) is 6.13. The minimum atomic E-state index is 0.0782. The van der Waals surface area contributed by atoms with Crippen LogP contribution in [0.25, 0.3) is 0 Å². The minimum Gasteiger partial charge on any atom is -0.378 e. The summed E-state index contributed by atoms with van der Waals surface area (Å²) in [5.41, 5.74) is 1.20. The summed E-state index contributed by atoms with van der Waals surface area (Å²) in [4.78, 5) is 18.2. The minimum absolute atomic E-state index is 0.0782. The van der Waals surface area contributed by atoms with Crippen molar-refractivity contribution in [3.8, 4) is 0 Å². The highest BCUT2D eigenvalue weighted by atomic mass is 16.5. The van der Waals surface area contributed by atoms with Crippen molar-refractivity contribution in [2.75, 3.05) is 37.7 Å². The Bertz CT molecular complexity index is 632. The zero-order valence-corrected chi connectivity index (χ0v) is 14.4. The van der Waals surface area contributed by atoms with Gasteiger partial charge in [0.2, 0.25) is 0 Å². The van der Waals surface area contributed by atoms with Crippen LogP contribution < -0.4 is 4.90 Å². The Labute approximate surface area is 143 Å². The third-order valence-electron chi connectivity index (χ3n) is 4.39. The van der Waals surface area contributed by atoms with Gasteiger partial charge in [0.15, 0.2) is 0 Å². The molecule has 0 aliphatic carbocycles. The first-order chi connectivity index (χ1) is 11.8. The van der Waals surface area contributed by atoms with Crippen LogP contribution in [0.1, 0.15) is 31.3 Å². The zero-order valence-electron chi connectivity index (χ0n) is 14.4. The van der Waals surface area contributed by atoms with Crippen LogP contribution in [-0.4, -0.2) is 52.7 Å². The predicted molar refractivity (Wildman–Crippen MR) is 93.8 cm³/mol. The molecule has 0 bridgehead atoms. The fourth-order valence-electron chi connectivity index (χ4n) is 3.04. The molecule has 24 heavy (non-hydrogen) atoms. The van der Waals surface area contributed by atoms with Crippen LogP contribution in [-0.2, 0) is 11.3 Å². The molecule has 3 rings (SSSR count). The maximum Gasteiger partial charge on any atom is 0.150 e. The van der Waals surface area contributed by atoms with E-state index in [9.17, 15) is 0 Å². The smallest absolute Gasteiger partial charge is 0.150 e. The molecule has 1 aliphatic heterocycles. The van der Waals surface area contributed by atoms with Crippen molar-refractivity contribution in [1.82, 2.24) is 19.9 Å². The number of anilines is 1. The first-order valence-corrected chi connectivity index (χ1v) is 8.60. The molecule has 1 atom stereocenters. The molecule has 128 valence electrons. The number of ether oxygens (including phenoxy) is 1. The van der Waals surface area contributed by atoms with Crippen LogP contribution in [0, 0.1) is 0 Å². The van der Waals surface area contributed by atoms with Crippen LogP contribution >= 0.6 is 0 Å². The van der Waals surface area contributed by atoms with E-state index in [-0.39, 0.29) is 6.04 Å². The number of hydrogen-bond acceptors (Lipinski definition) is 6. The number of aromatic nitrogens is 3. The second-order valence-electron chi connectivity index (χ2n) is 5.87. The van der Waals surface area contributed by atoms with Crippen molar-refractivity contribution in [3.05, 3.63) is 48.2 Å². The summed E-state index contributed by atoms with van der Waals surface area (Å²) in [5.74, 6) is 1.82. The van der Waals surface area contributed by atoms with Gasteiger partial charge < -0.3 is 9.64 Å². The van der Waals surface area contributed by atoms with E-state index in [2.05, 4.69) is 39.7 Å². The van der Waals surface area contributed by atoms with Gasteiger partial charge in [0.25, 0.3) is 0 Å². The Morgan fingerprint density at radius 1 is 1.25 bits per heavy atom. The fourth-order valence-corrected chi connectivity index (χ4v) is 3.04. The van der Waals surface area contributed by atoms with Gasteiger partial charge in [-0.25, -0.2) is 9.97 Å². The summed E-state index contributed by atoms with van der Waals surface area (Å²) < 4.78 is 5.71. The van der Waals surface area contributed by atoms with E-state index in [1.807, 2.05) is 24.5 Å². The number of hydrogen-bond donors (Lipinski definition) is 0. The standard InChI is InChI=1S/C18H25N5O/c1-3-22(4-2)17-7-9-20-18(21-17)16-14-24-11-10-23(16)13-15-6-5-8-19-12-15/h5-9,12,16H,3-4,10-11,13-14H2,1-2H3/t16-/m0/s1. The van der Waals surface area contributed by atoms with Crippen molar-refractivity contribution in [2.45, 2.75) is 26.4 Å². The molecule has 1 aliphatic rings. The highest BCUT2D eigenvalue weighted by Crippen LogP contribution is 2.24. The van der Waals surface area contributed by atoms with Gasteiger partial charge in [-0.05, 0) is 31.5 Å². The van der Waals surface area contributed by atoms with E-state index in [4.69, 9.17) is 9.72 Å². The predicted octanol–water partition coefficient (Wildman–Crippen LogP) is 2.29. The van der Waals surface area contributed by atoms with Gasteiger partial charge in [-0.3, -0.25) is 9.88 Å². The van der Waals surface area contributed by atoms with Crippen molar-refractivity contribution < 1.29 is 4.74 Å². The van der Waals surface area contributed by atoms with Gasteiger partial charge in [0.1, 0.15) is 11.6 Å². The first-order valence-electron chi connectivity index (χ1n) is 8.60. The lowest BCUT2D eigenvalue weighted by Gasteiger charge is -2.34. The Morgan fingerprint density at radius 2 is 2.12 bits per heavy atom. The number of rotatable bonds is 6. The van der Waals surface area contributed by atoms with Crippen molar-refractivity contribution in [1.29, 1.82) is 0 Å². The molecule has 1 saturated heterocycles. The molecule has 0 spiro atoms. The van der Waals surface area contributed by atoms with Crippen molar-refractivity contribution in [2.24, 2.45) is 0 Å². The molecule has 6 nitrogen and oxygen atoms in total. The van der Waals surface area contributed by atoms with Gasteiger partial charge in [-0.1, -0.05) is 6.07 Å². The average molecular weight is 327 g/mol. The van der Waals surface area contributed by atoms with E-state index in [1.54, 1.807) is 6.20 Å². The first kappa shape index (κ1) is 16.8. The topological polar surface area (TPSA) is 54.4 Å². The maximum absolute atomic E-state index is 5.71. The van der Waals surface area contributed by atoms with Gasteiger partial charge in [0, 0.05) is 44.8 Å². The molecule has 0 radical (unpaired) electrons. The molecule has 3 heterocycles. The van der Waals surface area contributed by atoms with Gasteiger partial charge >= 0.3 is 0 Å². The normalized spacial score (nSPS) is 18.5. The van der Waals surface area contributed by atoms with Crippen LogP contribution in [0.3, 0.4) is 0 Å². The lowest BCUT2D eigenvalue weighted by Crippen LogP contribution is -2.40. The lowest BCUT2D eigenvalue weighted by molar-refractivity contribution is -0.0159. The molecular weight excluding hydrogens is 302 g/mol. The molecule has 0 aromatic carbocycles. The molecule has 2 aromatic heterocycles. The second-order valence-corrected chi connectivity index (χ2v) is 5.87. The number of pyridine rings is 1. The molecular formula is C18H25N5O. The molecule has 0 unspecified atom stereocenters. The zero-order chi connectivity index (χ0) is 16.8. The van der Waals surface area contributed by atoms with E-state index < -0.39 is 0 Å². The SMILES string of the molecule is CCN(CC)c1ccnc([C@@H]2COCCN2Cc2cccnc2)n1. The monoisotopic (exact) mass is 327 g/mol. The quantitative estimate of drug-likeness (QED) is 0.811. The summed E-state index contributed by atoms with van der Waals surface area (Å²) in [6.07, 6.45) is 5.57. The van der Waals surface area contributed by atoms with Crippen LogP contribution in [0.5, 0.6) is 0 Å². The Hall–Kier alpha value is -2.05. The summed E-state index contributed by atoms with van der Waals surface area (Å²) in [6.45, 7) is 9.24. The maximum atomic E-state index is 5.71. The lowest BCUT2D eigenvalue weighted by atomic mass is 10.1. The molecule has 1 fully saturated rings. The van der Waals surface area contributed by atoms with Gasteiger partial charge in [-0.2, -0.15) is 0 Å². The third-order valence-corrected chi connectivity index (χ3v) is 4.39. The third kappa shape index (κ3) is 3.88. The van der Waals surface area contributed by atoms with E-state index in [0.29, 0.717) is 6.61 Å². The van der Waals surface area contributed by atoms with Crippen LogP contribution in [0.4, 0.5) is 5.82 Å². The highest BCUT2D eigenvalue weighted by molar-refractivity contribution is 5.37. The largest absolute Gasteiger partial charge is 0.378 e. The summed E-state index contributed by atoms with van der Waals surface area (Å²) >= 11 is 0. The van der Waals surface area contributed by atoms with E-state index in [1.165, 1.54) is 5.56 Å². The van der Waals surface area contributed by atoms with Crippen LogP contribution in [0.15, 0.2) is 36.8 Å². The van der Waals surface area contributed by atoms with Gasteiger partial charge in [0.05, 0.1) is 19.3 Å². The number of nitrogens with zero attached hydrogens (tertiary/aromatic N) is 5. The molecule has 0 saturated carbocycles. The Kier molecular flexibility index (Phi) is 5.72. The fraction of sp³-hybridized carbons (Fsp3) is 0.500. The molecule has 2 aromatic rings. The Balaban J connectivity index is 1.81. The van der Waals surface area contributed by atoms with Crippen molar-refractivity contribution >= 4 is 5.82 Å². The molecule has 6 heteroatoms. The molecule has 0 N–H and O–H groups in total. The average Bonchev–Trinajstić information content (AvgIpc) is 2.64. The highest BCUT2D eigenvalue weighted by Gasteiger charge is 2.27. The summed E-state index contributed by atoms with van der Waals surface area (Å²) in [7, 11) is 0. The van der Waals surface area contributed by atoms with Crippen LogP contribution in [0.2, 0.25) is 0 Å². The second kappa shape index (κ2) is 8.17. The summed E-state index contributed by atoms with van der Waals surface area (Å²) in [5, 5.41) is 0.